The number of carbonyl (C=O) groups is 2. The van der Waals surface area contributed by atoms with E-state index in [0.29, 0.717) is 0 Å². The van der Waals surface area contributed by atoms with E-state index in [1.54, 1.807) is 0 Å². The van der Waals surface area contributed by atoms with Crippen molar-refractivity contribution in [1.82, 2.24) is 10.2 Å². The fourth-order valence-corrected chi connectivity index (χ4v) is 3.36. The van der Waals surface area contributed by atoms with Crippen molar-refractivity contribution in [2.75, 3.05) is 13.1 Å². The summed E-state index contributed by atoms with van der Waals surface area (Å²) < 4.78 is 38.8. The standard InChI is InChI=1S/C15H23F3N2O3/c1-14(2)5-3-9(4-6-14)19-13(23)20-7-10(12(21)22)11(8-20)15(16,17)18/h9-11H,3-8H2,1-2H3,(H,19,23)(H,21,22)/t10-,11-/m1/s1. The van der Waals surface area contributed by atoms with E-state index in [-0.39, 0.29) is 11.5 Å². The first kappa shape index (κ1) is 17.9. The van der Waals surface area contributed by atoms with Gasteiger partial charge in [-0.1, -0.05) is 13.8 Å². The van der Waals surface area contributed by atoms with Gasteiger partial charge in [-0.2, -0.15) is 13.2 Å². The Morgan fingerprint density at radius 3 is 2.17 bits per heavy atom. The fraction of sp³-hybridized carbons (Fsp3) is 0.867. The van der Waals surface area contributed by atoms with Crippen molar-refractivity contribution in [3.63, 3.8) is 0 Å². The van der Waals surface area contributed by atoms with Crippen LogP contribution in [-0.2, 0) is 4.79 Å². The van der Waals surface area contributed by atoms with Crippen LogP contribution in [0.3, 0.4) is 0 Å². The maximum Gasteiger partial charge on any atom is 0.394 e. The molecule has 2 atom stereocenters. The molecule has 0 unspecified atom stereocenters. The highest BCUT2D eigenvalue weighted by Gasteiger charge is 2.53. The van der Waals surface area contributed by atoms with Crippen molar-refractivity contribution in [2.45, 2.75) is 51.7 Å². The Balaban J connectivity index is 1.94. The first-order valence-corrected chi connectivity index (χ1v) is 7.84. The number of carbonyl (C=O) groups excluding carboxylic acids is 1. The summed E-state index contributed by atoms with van der Waals surface area (Å²) in [5, 5.41) is 11.7. The number of aliphatic carboxylic acids is 1. The summed E-state index contributed by atoms with van der Waals surface area (Å²) in [7, 11) is 0. The SMILES string of the molecule is CC1(C)CCC(NC(=O)N2C[C@@H](C(F)(F)F)[C@H](C(=O)O)C2)CC1. The normalized spacial score (nSPS) is 28.7. The zero-order valence-corrected chi connectivity index (χ0v) is 13.3. The molecule has 0 aromatic heterocycles. The molecule has 0 aromatic rings. The first-order valence-electron chi connectivity index (χ1n) is 7.84. The molecule has 5 nitrogen and oxygen atoms in total. The Hall–Kier alpha value is -1.47. The van der Waals surface area contributed by atoms with Gasteiger partial charge in [-0.3, -0.25) is 4.79 Å². The van der Waals surface area contributed by atoms with Gasteiger partial charge in [0.1, 0.15) is 0 Å². The topological polar surface area (TPSA) is 69.6 Å². The molecule has 2 amide bonds. The lowest BCUT2D eigenvalue weighted by Gasteiger charge is -2.35. The smallest absolute Gasteiger partial charge is 0.394 e. The molecule has 0 radical (unpaired) electrons. The van der Waals surface area contributed by atoms with E-state index in [1.165, 1.54) is 0 Å². The van der Waals surface area contributed by atoms with Gasteiger partial charge in [-0.05, 0) is 31.1 Å². The summed E-state index contributed by atoms with van der Waals surface area (Å²) in [6.07, 6.45) is -1.15. The molecule has 0 bridgehead atoms. The van der Waals surface area contributed by atoms with Crippen LogP contribution < -0.4 is 5.32 Å². The van der Waals surface area contributed by atoms with Gasteiger partial charge in [0, 0.05) is 19.1 Å². The number of carboxylic acid groups (broad SMARTS) is 1. The Labute approximate surface area is 133 Å². The second kappa shape index (κ2) is 6.20. The van der Waals surface area contributed by atoms with Gasteiger partial charge in [-0.15, -0.1) is 0 Å². The molecule has 1 heterocycles. The Kier molecular flexibility index (Phi) is 4.82. The van der Waals surface area contributed by atoms with Crippen molar-refractivity contribution < 1.29 is 27.9 Å². The van der Waals surface area contributed by atoms with Crippen LogP contribution in [0.5, 0.6) is 0 Å². The predicted octanol–water partition coefficient (Wildman–Crippen LogP) is 2.86. The van der Waals surface area contributed by atoms with Crippen LogP contribution in [0, 0.1) is 17.3 Å². The van der Waals surface area contributed by atoms with E-state index in [2.05, 4.69) is 19.2 Å². The minimum atomic E-state index is -4.62. The Morgan fingerprint density at radius 2 is 1.74 bits per heavy atom. The third kappa shape index (κ3) is 4.29. The number of urea groups is 1. The third-order valence-electron chi connectivity index (χ3n) is 5.01. The minimum absolute atomic E-state index is 0.0521. The lowest BCUT2D eigenvalue weighted by Crippen LogP contribution is -2.46. The zero-order chi connectivity index (χ0) is 17.4. The van der Waals surface area contributed by atoms with E-state index >= 15 is 0 Å². The van der Waals surface area contributed by atoms with Crippen molar-refractivity contribution in [3.05, 3.63) is 0 Å². The van der Waals surface area contributed by atoms with Crippen molar-refractivity contribution in [2.24, 2.45) is 17.3 Å². The maximum atomic E-state index is 12.9. The average Bonchev–Trinajstić information content (AvgIpc) is 2.86. The average molecular weight is 336 g/mol. The van der Waals surface area contributed by atoms with Gasteiger partial charge in [-0.25, -0.2) is 4.79 Å². The van der Waals surface area contributed by atoms with Crippen molar-refractivity contribution in [1.29, 1.82) is 0 Å². The quantitative estimate of drug-likeness (QED) is 0.815. The van der Waals surface area contributed by atoms with Crippen LogP contribution in [0.25, 0.3) is 0 Å². The monoisotopic (exact) mass is 336 g/mol. The van der Waals surface area contributed by atoms with E-state index < -0.39 is 43.1 Å². The van der Waals surface area contributed by atoms with Crippen molar-refractivity contribution >= 4 is 12.0 Å². The number of carboxylic acids is 1. The second-order valence-corrected chi connectivity index (χ2v) is 7.39. The number of nitrogens with zero attached hydrogens (tertiary/aromatic N) is 1. The van der Waals surface area contributed by atoms with Crippen LogP contribution in [0.4, 0.5) is 18.0 Å². The molecule has 0 spiro atoms. The Bertz CT molecular complexity index is 469. The molecule has 2 aliphatic rings. The molecule has 8 heteroatoms. The summed E-state index contributed by atoms with van der Waals surface area (Å²) in [6.45, 7) is 3.31. The van der Waals surface area contributed by atoms with Crippen LogP contribution >= 0.6 is 0 Å². The molecule has 2 fully saturated rings. The molecular formula is C15H23F3N2O3. The number of amides is 2. The number of halogens is 3. The molecule has 1 saturated carbocycles. The minimum Gasteiger partial charge on any atom is -0.481 e. The number of rotatable bonds is 2. The van der Waals surface area contributed by atoms with Crippen molar-refractivity contribution in [3.8, 4) is 0 Å². The highest BCUT2D eigenvalue weighted by Crippen LogP contribution is 2.38. The van der Waals surface area contributed by atoms with Gasteiger partial charge in [0.2, 0.25) is 0 Å². The van der Waals surface area contributed by atoms with Crippen LogP contribution in [0.1, 0.15) is 39.5 Å². The molecule has 1 saturated heterocycles. The molecule has 1 aliphatic carbocycles. The summed E-state index contributed by atoms with van der Waals surface area (Å²) in [4.78, 5) is 24.2. The fourth-order valence-electron chi connectivity index (χ4n) is 3.36. The van der Waals surface area contributed by atoms with Crippen LogP contribution in [-0.4, -0.2) is 47.3 Å². The number of hydrogen-bond acceptors (Lipinski definition) is 2. The summed E-state index contributed by atoms with van der Waals surface area (Å²) in [5.41, 5.74) is 0.227. The molecular weight excluding hydrogens is 313 g/mol. The molecule has 132 valence electrons. The van der Waals surface area contributed by atoms with E-state index in [4.69, 9.17) is 5.11 Å². The number of nitrogens with one attached hydrogen (secondary N) is 1. The number of likely N-dealkylation sites (tertiary alicyclic amines) is 1. The third-order valence-corrected chi connectivity index (χ3v) is 5.01. The lowest BCUT2D eigenvalue weighted by atomic mass is 9.76. The molecule has 1 aliphatic heterocycles. The van der Waals surface area contributed by atoms with Gasteiger partial charge in [0.05, 0.1) is 11.8 Å². The predicted molar refractivity (Wildman–Crippen MR) is 76.8 cm³/mol. The van der Waals surface area contributed by atoms with E-state index in [1.807, 2.05) is 0 Å². The maximum absolute atomic E-state index is 12.9. The van der Waals surface area contributed by atoms with Gasteiger partial charge in [0.25, 0.3) is 0 Å². The van der Waals surface area contributed by atoms with E-state index in [0.717, 1.165) is 30.6 Å². The summed E-state index contributed by atoms with van der Waals surface area (Å²) >= 11 is 0. The first-order chi connectivity index (χ1) is 10.5. The zero-order valence-electron chi connectivity index (χ0n) is 13.3. The van der Waals surface area contributed by atoms with E-state index in [9.17, 15) is 22.8 Å². The number of alkyl halides is 3. The second-order valence-electron chi connectivity index (χ2n) is 7.39. The highest BCUT2D eigenvalue weighted by molar-refractivity contribution is 5.78. The molecule has 0 aromatic carbocycles. The molecule has 2 N–H and O–H groups in total. The lowest BCUT2D eigenvalue weighted by molar-refractivity contribution is -0.187. The van der Waals surface area contributed by atoms with Gasteiger partial charge < -0.3 is 15.3 Å². The largest absolute Gasteiger partial charge is 0.481 e. The molecule has 2 rings (SSSR count). The Morgan fingerprint density at radius 1 is 1.17 bits per heavy atom. The van der Waals surface area contributed by atoms with Crippen LogP contribution in [0.2, 0.25) is 0 Å². The van der Waals surface area contributed by atoms with Crippen LogP contribution in [0.15, 0.2) is 0 Å². The molecule has 23 heavy (non-hydrogen) atoms. The summed E-state index contributed by atoms with van der Waals surface area (Å²) in [6, 6.07) is -0.642. The van der Waals surface area contributed by atoms with Gasteiger partial charge >= 0.3 is 18.2 Å². The van der Waals surface area contributed by atoms with Gasteiger partial charge in [0.15, 0.2) is 0 Å². The highest BCUT2D eigenvalue weighted by atomic mass is 19.4. The summed E-state index contributed by atoms with van der Waals surface area (Å²) in [5.74, 6) is -5.11. The number of hydrogen-bond donors (Lipinski definition) is 2.